The zero-order valence-corrected chi connectivity index (χ0v) is 19.9. The highest BCUT2D eigenvalue weighted by Gasteiger charge is 2.20. The van der Waals surface area contributed by atoms with Crippen molar-refractivity contribution in [2.75, 3.05) is 6.61 Å². The highest BCUT2D eigenvalue weighted by Crippen LogP contribution is 2.40. The summed E-state index contributed by atoms with van der Waals surface area (Å²) in [6, 6.07) is 15.6. The first-order chi connectivity index (χ1) is 15.9. The van der Waals surface area contributed by atoms with E-state index >= 15 is 0 Å². The normalized spacial score (nSPS) is 12.2. The summed E-state index contributed by atoms with van der Waals surface area (Å²) >= 11 is 6.62. The summed E-state index contributed by atoms with van der Waals surface area (Å²) in [5.74, 6) is 0.0565. The van der Waals surface area contributed by atoms with Crippen LogP contribution in [0.25, 0.3) is 33.2 Å². The van der Waals surface area contributed by atoms with Gasteiger partial charge >= 0.3 is 0 Å². The van der Waals surface area contributed by atoms with Crippen LogP contribution in [0.2, 0.25) is 5.02 Å². The molecule has 0 saturated carbocycles. The van der Waals surface area contributed by atoms with Crippen molar-refractivity contribution >= 4 is 28.3 Å². The molecule has 0 aliphatic rings. The molecule has 1 atom stereocenters. The lowest BCUT2D eigenvalue weighted by atomic mass is 9.88. The van der Waals surface area contributed by atoms with Gasteiger partial charge in [0.25, 0.3) is 0 Å². The van der Waals surface area contributed by atoms with E-state index in [9.17, 15) is 9.90 Å². The van der Waals surface area contributed by atoms with Gasteiger partial charge in [0.05, 0.1) is 5.52 Å². The van der Waals surface area contributed by atoms with Gasteiger partial charge in [-0.25, -0.2) is 4.98 Å². The maximum absolute atomic E-state index is 13.1. The summed E-state index contributed by atoms with van der Waals surface area (Å²) in [6.45, 7) is 6.20. The molecule has 0 amide bonds. The largest absolute Gasteiger partial charge is 0.396 e. The minimum Gasteiger partial charge on any atom is -0.396 e. The second-order valence-electron chi connectivity index (χ2n) is 8.60. The molecule has 33 heavy (non-hydrogen) atoms. The van der Waals surface area contributed by atoms with Crippen LogP contribution in [0, 0.1) is 19.8 Å². The van der Waals surface area contributed by atoms with Crippen LogP contribution in [0.15, 0.2) is 60.9 Å². The Balaban J connectivity index is 1.99. The summed E-state index contributed by atoms with van der Waals surface area (Å²) in [5, 5.41) is 10.8. The summed E-state index contributed by atoms with van der Waals surface area (Å²) in [5.41, 5.74) is 7.37. The fourth-order valence-electron chi connectivity index (χ4n) is 4.50. The number of halogens is 1. The van der Waals surface area contributed by atoms with Crippen LogP contribution in [0.5, 0.6) is 0 Å². The number of aromatic nitrogens is 2. The van der Waals surface area contributed by atoms with Crippen molar-refractivity contribution in [1.29, 1.82) is 0 Å². The zero-order valence-electron chi connectivity index (χ0n) is 19.1. The zero-order chi connectivity index (χ0) is 23.5. The average Bonchev–Trinajstić information content (AvgIpc) is 2.79. The lowest BCUT2D eigenvalue weighted by Crippen LogP contribution is -2.10. The lowest BCUT2D eigenvalue weighted by Gasteiger charge is -2.18. The molecule has 168 valence electrons. The monoisotopic (exact) mass is 458 g/mol. The van der Waals surface area contributed by atoms with Crippen LogP contribution in [-0.4, -0.2) is 27.5 Å². The van der Waals surface area contributed by atoms with E-state index in [0.29, 0.717) is 23.6 Å². The van der Waals surface area contributed by atoms with Gasteiger partial charge in [0, 0.05) is 41.4 Å². The van der Waals surface area contributed by atoms with E-state index in [1.165, 1.54) is 0 Å². The van der Waals surface area contributed by atoms with Crippen molar-refractivity contribution in [3.63, 3.8) is 0 Å². The number of benzene rings is 2. The number of carbonyl (C=O) groups excluding carboxylic acids is 1. The van der Waals surface area contributed by atoms with E-state index in [1.54, 1.807) is 12.4 Å². The first-order valence-electron chi connectivity index (χ1n) is 11.1. The maximum Gasteiger partial charge on any atom is 0.181 e. The number of pyridine rings is 2. The molecule has 0 spiro atoms. The number of aliphatic hydroxyl groups is 1. The fourth-order valence-corrected chi connectivity index (χ4v) is 4.74. The number of carbonyl (C=O) groups is 1. The molecule has 5 heteroatoms. The van der Waals surface area contributed by atoms with Crippen molar-refractivity contribution in [3.8, 4) is 22.3 Å². The molecule has 0 aliphatic heterocycles. The SMILES string of the molecule is Cc1cc2nc(C(=O)CC(C)CCO)cc(-c3ccccc3Cl)c2c(C)c1-c1ccncc1. The Hall–Kier alpha value is -3.08. The van der Waals surface area contributed by atoms with Crippen LogP contribution in [0.1, 0.15) is 41.4 Å². The van der Waals surface area contributed by atoms with Crippen molar-refractivity contribution in [1.82, 2.24) is 9.97 Å². The molecule has 4 rings (SSSR count). The van der Waals surface area contributed by atoms with Crippen molar-refractivity contribution in [2.45, 2.75) is 33.6 Å². The van der Waals surface area contributed by atoms with Gasteiger partial charge in [-0.2, -0.15) is 0 Å². The Bertz CT molecular complexity index is 1320. The molecule has 0 fully saturated rings. The predicted octanol–water partition coefficient (Wildman–Crippen LogP) is 6.83. The molecule has 2 aromatic carbocycles. The number of aliphatic hydroxyl groups excluding tert-OH is 1. The smallest absolute Gasteiger partial charge is 0.181 e. The van der Waals surface area contributed by atoms with Crippen LogP contribution >= 0.6 is 11.6 Å². The Kier molecular flexibility index (Phi) is 6.87. The number of nitrogens with zero attached hydrogens (tertiary/aromatic N) is 2. The van der Waals surface area contributed by atoms with Gasteiger partial charge in [-0.1, -0.05) is 36.7 Å². The van der Waals surface area contributed by atoms with Gasteiger partial charge in [-0.05, 0) is 84.3 Å². The summed E-state index contributed by atoms with van der Waals surface area (Å²) in [6.07, 6.45) is 4.51. The standard InChI is InChI=1S/C28H27ClN2O2/c1-17(10-13-32)14-26(33)24-16-22(21-6-4-5-7-23(21)29)28-19(3)27(18(2)15-25(28)31-24)20-8-11-30-12-9-20/h4-9,11-12,15-17,32H,10,13-14H2,1-3H3. The van der Waals surface area contributed by atoms with Crippen LogP contribution in [-0.2, 0) is 0 Å². The van der Waals surface area contributed by atoms with Gasteiger partial charge in [0.1, 0.15) is 5.69 Å². The first-order valence-corrected chi connectivity index (χ1v) is 11.5. The average molecular weight is 459 g/mol. The highest BCUT2D eigenvalue weighted by molar-refractivity contribution is 6.33. The van der Waals surface area contributed by atoms with E-state index in [4.69, 9.17) is 16.6 Å². The summed E-state index contributed by atoms with van der Waals surface area (Å²) < 4.78 is 0. The van der Waals surface area contributed by atoms with E-state index in [1.807, 2.05) is 55.5 Å². The molecular formula is C28H27ClN2O2. The van der Waals surface area contributed by atoms with Gasteiger partial charge in [0.2, 0.25) is 0 Å². The van der Waals surface area contributed by atoms with Gasteiger partial charge in [0.15, 0.2) is 5.78 Å². The maximum atomic E-state index is 13.1. The Morgan fingerprint density at radius 1 is 1.06 bits per heavy atom. The van der Waals surface area contributed by atoms with Crippen LogP contribution < -0.4 is 0 Å². The van der Waals surface area contributed by atoms with Gasteiger partial charge in [-0.15, -0.1) is 0 Å². The lowest BCUT2D eigenvalue weighted by molar-refractivity contribution is 0.0953. The van der Waals surface area contributed by atoms with E-state index in [-0.39, 0.29) is 18.3 Å². The number of ketones is 1. The second-order valence-corrected chi connectivity index (χ2v) is 9.01. The summed E-state index contributed by atoms with van der Waals surface area (Å²) in [7, 11) is 0. The third-order valence-electron chi connectivity index (χ3n) is 6.12. The van der Waals surface area contributed by atoms with E-state index < -0.39 is 0 Å². The third-order valence-corrected chi connectivity index (χ3v) is 6.45. The van der Waals surface area contributed by atoms with Gasteiger partial charge in [-0.3, -0.25) is 9.78 Å². The minimum absolute atomic E-state index is 0.0281. The molecule has 0 bridgehead atoms. The Labute approximate surface area is 199 Å². The molecule has 2 heterocycles. The Morgan fingerprint density at radius 3 is 2.48 bits per heavy atom. The van der Waals surface area contributed by atoms with Crippen molar-refractivity contribution < 1.29 is 9.90 Å². The van der Waals surface area contributed by atoms with E-state index in [0.717, 1.165) is 44.3 Å². The molecule has 0 radical (unpaired) electrons. The first kappa shape index (κ1) is 23.1. The molecular weight excluding hydrogens is 432 g/mol. The topological polar surface area (TPSA) is 63.1 Å². The van der Waals surface area contributed by atoms with Crippen molar-refractivity contribution in [2.24, 2.45) is 5.92 Å². The quantitative estimate of drug-likeness (QED) is 0.308. The molecule has 1 unspecified atom stereocenters. The fraction of sp³-hybridized carbons (Fsp3) is 0.250. The Morgan fingerprint density at radius 2 is 1.79 bits per heavy atom. The van der Waals surface area contributed by atoms with E-state index in [2.05, 4.69) is 18.8 Å². The predicted molar refractivity (Wildman–Crippen MR) is 135 cm³/mol. The molecule has 0 saturated heterocycles. The number of hydrogen-bond donors (Lipinski definition) is 1. The minimum atomic E-state index is -0.0281. The molecule has 2 aromatic heterocycles. The molecule has 1 N–H and O–H groups in total. The number of aryl methyl sites for hydroxylation is 2. The number of fused-ring (bicyclic) bond motifs is 1. The van der Waals surface area contributed by atoms with Crippen LogP contribution in [0.3, 0.4) is 0 Å². The van der Waals surface area contributed by atoms with Crippen molar-refractivity contribution in [3.05, 3.63) is 82.8 Å². The number of hydrogen-bond acceptors (Lipinski definition) is 4. The molecule has 4 aromatic rings. The van der Waals surface area contributed by atoms with Gasteiger partial charge < -0.3 is 5.11 Å². The molecule has 0 aliphatic carbocycles. The molecule has 4 nitrogen and oxygen atoms in total. The highest BCUT2D eigenvalue weighted by atomic mass is 35.5. The van der Waals surface area contributed by atoms with Crippen LogP contribution in [0.4, 0.5) is 0 Å². The summed E-state index contributed by atoms with van der Waals surface area (Å²) in [4.78, 5) is 22.1. The number of Topliss-reactive ketones (excluding diaryl/α,β-unsaturated/α-hetero) is 1. The number of rotatable bonds is 7. The third kappa shape index (κ3) is 4.68. The second kappa shape index (κ2) is 9.82.